The van der Waals surface area contributed by atoms with Crippen molar-refractivity contribution in [3.05, 3.63) is 45.7 Å². The number of hydrogen-bond acceptors (Lipinski definition) is 1. The minimum Gasteiger partial charge on any atom is -0.347 e. The molecule has 0 N–H and O–H groups in total. The van der Waals surface area contributed by atoms with E-state index in [1.165, 1.54) is 6.07 Å². The summed E-state index contributed by atoms with van der Waals surface area (Å²) in [5, 5.41) is 4.47. The third-order valence-corrected chi connectivity index (χ3v) is 2.81. The molecule has 88 valence electrons. The number of rotatable bonds is 3. The first-order valence-electron chi connectivity index (χ1n) is 5.10. The van der Waals surface area contributed by atoms with Gasteiger partial charge in [0.25, 0.3) is 0 Å². The van der Waals surface area contributed by atoms with Crippen LogP contribution < -0.4 is 0 Å². The van der Waals surface area contributed by atoms with Gasteiger partial charge in [0.1, 0.15) is 5.82 Å². The Kier molecular flexibility index (Phi) is 3.22. The molecule has 0 fully saturated rings. The van der Waals surface area contributed by atoms with Gasteiger partial charge in [-0.25, -0.2) is 4.39 Å². The molecule has 0 spiro atoms. The smallest absolute Gasteiger partial charge is 0.142 e. The van der Waals surface area contributed by atoms with Gasteiger partial charge in [-0.05, 0) is 23.7 Å². The second-order valence-corrected chi connectivity index (χ2v) is 4.25. The summed E-state index contributed by atoms with van der Waals surface area (Å²) in [6, 6.07) is 4.61. The fourth-order valence-electron chi connectivity index (χ4n) is 1.75. The van der Waals surface area contributed by atoms with Gasteiger partial charge in [0, 0.05) is 28.6 Å². The third-order valence-electron chi connectivity index (χ3n) is 2.52. The summed E-state index contributed by atoms with van der Waals surface area (Å²) in [6.45, 7) is 2.35. The molecule has 0 bridgehead atoms. The molecule has 1 atom stereocenters. The summed E-state index contributed by atoms with van der Waals surface area (Å²) in [4.78, 5) is 2.75. The zero-order chi connectivity index (χ0) is 12.4. The minimum absolute atomic E-state index is 0.0916. The van der Waals surface area contributed by atoms with Crippen LogP contribution in [0.25, 0.3) is 21.3 Å². The van der Waals surface area contributed by atoms with E-state index >= 15 is 0 Å². The monoisotopic (exact) mass is 252 g/mol. The maximum absolute atomic E-state index is 13.2. The zero-order valence-corrected chi connectivity index (χ0v) is 9.89. The van der Waals surface area contributed by atoms with Crippen molar-refractivity contribution in [3.63, 3.8) is 0 Å². The lowest BCUT2D eigenvalue weighted by Gasteiger charge is -2.08. The second-order valence-electron chi connectivity index (χ2n) is 3.85. The fourth-order valence-corrected chi connectivity index (χ4v) is 1.91. The molecule has 4 nitrogen and oxygen atoms in total. The molecule has 0 aliphatic heterocycles. The molecule has 0 radical (unpaired) electrons. The van der Waals surface area contributed by atoms with E-state index in [9.17, 15) is 4.39 Å². The summed E-state index contributed by atoms with van der Waals surface area (Å²) in [5.41, 5.74) is 9.17. The summed E-state index contributed by atoms with van der Waals surface area (Å²) in [6.07, 6.45) is 1.82. The lowest BCUT2D eigenvalue weighted by molar-refractivity contribution is 0.601. The van der Waals surface area contributed by atoms with Crippen LogP contribution in [0.2, 0.25) is 5.02 Å². The first-order valence-corrected chi connectivity index (χ1v) is 5.47. The van der Waals surface area contributed by atoms with Crippen LogP contribution >= 0.6 is 11.6 Å². The van der Waals surface area contributed by atoms with Crippen molar-refractivity contribution in [2.45, 2.75) is 19.5 Å². The van der Waals surface area contributed by atoms with Crippen molar-refractivity contribution < 1.29 is 4.39 Å². The number of aromatic nitrogens is 1. The van der Waals surface area contributed by atoms with Gasteiger partial charge in [0.2, 0.25) is 0 Å². The van der Waals surface area contributed by atoms with Gasteiger partial charge in [0.15, 0.2) is 0 Å². The number of nitrogens with zero attached hydrogens (tertiary/aromatic N) is 4. The molecule has 0 amide bonds. The van der Waals surface area contributed by atoms with Crippen LogP contribution in [0.5, 0.6) is 0 Å². The molecule has 1 aromatic carbocycles. The van der Waals surface area contributed by atoms with E-state index in [0.29, 0.717) is 6.54 Å². The van der Waals surface area contributed by atoms with Crippen LogP contribution in [0.15, 0.2) is 29.5 Å². The Morgan fingerprint density at radius 1 is 1.59 bits per heavy atom. The summed E-state index contributed by atoms with van der Waals surface area (Å²) in [7, 11) is 0. The zero-order valence-electron chi connectivity index (χ0n) is 9.14. The van der Waals surface area contributed by atoms with Crippen molar-refractivity contribution in [2.75, 3.05) is 0 Å². The average Bonchev–Trinajstić information content (AvgIpc) is 2.63. The lowest BCUT2D eigenvalue weighted by atomic mass is 10.2. The molecular weight excluding hydrogens is 243 g/mol. The van der Waals surface area contributed by atoms with Crippen LogP contribution in [0.4, 0.5) is 4.39 Å². The van der Waals surface area contributed by atoms with Crippen LogP contribution in [0.1, 0.15) is 6.92 Å². The Labute approximate surface area is 102 Å². The molecular formula is C11H10ClFN4. The molecule has 2 rings (SSSR count). The minimum atomic E-state index is -0.431. The van der Waals surface area contributed by atoms with Gasteiger partial charge in [-0.15, -0.1) is 0 Å². The van der Waals surface area contributed by atoms with Crippen LogP contribution in [0.3, 0.4) is 0 Å². The third kappa shape index (κ3) is 2.35. The second kappa shape index (κ2) is 4.65. The Balaban J connectivity index is 2.42. The molecule has 17 heavy (non-hydrogen) atoms. The molecule has 0 saturated heterocycles. The van der Waals surface area contributed by atoms with Gasteiger partial charge in [-0.2, -0.15) is 0 Å². The highest BCUT2D eigenvalue weighted by Crippen LogP contribution is 2.24. The van der Waals surface area contributed by atoms with Crippen molar-refractivity contribution in [3.8, 4) is 0 Å². The average molecular weight is 253 g/mol. The molecule has 6 heteroatoms. The number of benzene rings is 1. The van der Waals surface area contributed by atoms with Gasteiger partial charge in [0.05, 0.1) is 11.1 Å². The maximum atomic E-state index is 13.2. The van der Waals surface area contributed by atoms with Crippen LogP contribution in [-0.2, 0) is 6.54 Å². The molecule has 0 aliphatic rings. The number of halogens is 2. The molecule has 0 unspecified atom stereocenters. The lowest BCUT2D eigenvalue weighted by Crippen LogP contribution is -2.08. The van der Waals surface area contributed by atoms with Gasteiger partial charge >= 0.3 is 0 Å². The topological polar surface area (TPSA) is 53.7 Å². The Hall–Kier alpha value is -1.71. The van der Waals surface area contributed by atoms with Crippen LogP contribution in [0, 0.1) is 5.82 Å². The van der Waals surface area contributed by atoms with Crippen molar-refractivity contribution in [1.82, 2.24) is 4.57 Å². The first kappa shape index (κ1) is 11.8. The summed E-state index contributed by atoms with van der Waals surface area (Å²) >= 11 is 5.74. The van der Waals surface area contributed by atoms with E-state index in [2.05, 4.69) is 10.0 Å². The Morgan fingerprint density at radius 3 is 3.06 bits per heavy atom. The number of hydrogen-bond donors (Lipinski definition) is 0. The first-order chi connectivity index (χ1) is 8.11. The number of azide groups is 1. The van der Waals surface area contributed by atoms with Gasteiger partial charge < -0.3 is 4.57 Å². The van der Waals surface area contributed by atoms with Crippen molar-refractivity contribution in [2.24, 2.45) is 5.11 Å². The predicted molar refractivity (Wildman–Crippen MR) is 65.5 cm³/mol. The van der Waals surface area contributed by atoms with E-state index in [4.69, 9.17) is 17.1 Å². The van der Waals surface area contributed by atoms with E-state index in [1.807, 2.05) is 17.7 Å². The van der Waals surface area contributed by atoms with Gasteiger partial charge in [-0.1, -0.05) is 23.6 Å². The summed E-state index contributed by atoms with van der Waals surface area (Å²) < 4.78 is 15.1. The largest absolute Gasteiger partial charge is 0.347 e. The summed E-state index contributed by atoms with van der Waals surface area (Å²) in [5.74, 6) is -0.431. The van der Waals surface area contributed by atoms with Crippen molar-refractivity contribution in [1.29, 1.82) is 0 Å². The molecule has 1 heterocycles. The van der Waals surface area contributed by atoms with E-state index in [0.717, 1.165) is 10.9 Å². The highest BCUT2D eigenvalue weighted by Gasteiger charge is 2.08. The highest BCUT2D eigenvalue weighted by atomic mass is 35.5. The highest BCUT2D eigenvalue weighted by molar-refractivity contribution is 6.31. The molecule has 1 aromatic heterocycles. The van der Waals surface area contributed by atoms with Crippen molar-refractivity contribution >= 4 is 22.5 Å². The maximum Gasteiger partial charge on any atom is 0.142 e. The predicted octanol–water partition coefficient (Wildman–Crippen LogP) is 4.13. The Morgan fingerprint density at radius 2 is 2.35 bits per heavy atom. The quantitative estimate of drug-likeness (QED) is 0.448. The van der Waals surface area contributed by atoms with E-state index in [-0.39, 0.29) is 11.1 Å². The number of fused-ring (bicyclic) bond motifs is 1. The molecule has 2 aromatic rings. The fraction of sp³-hybridized carbons (Fsp3) is 0.273. The molecule has 0 saturated carbocycles. The van der Waals surface area contributed by atoms with Crippen LogP contribution in [-0.4, -0.2) is 10.6 Å². The van der Waals surface area contributed by atoms with Gasteiger partial charge in [-0.3, -0.25) is 0 Å². The van der Waals surface area contributed by atoms with E-state index in [1.54, 1.807) is 12.1 Å². The SMILES string of the molecule is C[C@@H](Cn1ccc2cc(F)c(Cl)cc21)N=[N+]=[N-]. The van der Waals surface area contributed by atoms with E-state index < -0.39 is 5.82 Å². The molecule has 0 aliphatic carbocycles. The normalized spacial score (nSPS) is 12.4. The standard InChI is InChI=1S/C11H10ClFN4/c1-7(15-16-14)6-17-3-2-8-4-10(13)9(12)5-11(8)17/h2-5,7H,6H2,1H3/t7-/m0/s1. The Bertz CT molecular complexity index is 601.